The van der Waals surface area contributed by atoms with Crippen LogP contribution in [0.3, 0.4) is 0 Å². The van der Waals surface area contributed by atoms with Gasteiger partial charge in [0.1, 0.15) is 12.4 Å². The van der Waals surface area contributed by atoms with Gasteiger partial charge in [0.2, 0.25) is 5.72 Å². The Kier molecular flexibility index (Phi) is 8.39. The second-order valence-electron chi connectivity index (χ2n) is 9.63. The fourth-order valence-electron chi connectivity index (χ4n) is 4.89. The number of nitrogens with one attached hydrogen (secondary N) is 1. The summed E-state index contributed by atoms with van der Waals surface area (Å²) in [5.74, 6) is 0.417. The van der Waals surface area contributed by atoms with Crippen molar-refractivity contribution in [2.45, 2.75) is 12.1 Å². The van der Waals surface area contributed by atoms with E-state index in [4.69, 9.17) is 14.2 Å². The molecule has 1 saturated heterocycles. The quantitative estimate of drug-likeness (QED) is 0.421. The van der Waals surface area contributed by atoms with E-state index in [1.54, 1.807) is 24.3 Å². The maximum atomic E-state index is 13.1. The first-order valence-electron chi connectivity index (χ1n) is 13.2. The van der Waals surface area contributed by atoms with E-state index in [0.717, 1.165) is 26.2 Å². The lowest BCUT2D eigenvalue weighted by Crippen LogP contribution is -2.64. The average Bonchev–Trinajstić information content (AvgIpc) is 2.98. The second kappa shape index (κ2) is 12.3. The van der Waals surface area contributed by atoms with Crippen LogP contribution >= 0.6 is 0 Å². The third-order valence-electron chi connectivity index (χ3n) is 7.11. The molecule has 2 heterocycles. The van der Waals surface area contributed by atoms with E-state index in [1.165, 1.54) is 24.3 Å². The molecule has 3 aromatic carbocycles. The molecule has 8 nitrogen and oxygen atoms in total. The zero-order chi connectivity index (χ0) is 27.1. The Morgan fingerprint density at radius 1 is 0.872 bits per heavy atom. The summed E-state index contributed by atoms with van der Waals surface area (Å²) in [5, 5.41) is 2.90. The van der Waals surface area contributed by atoms with Crippen LogP contribution in [0.5, 0.6) is 11.5 Å². The Morgan fingerprint density at radius 2 is 1.56 bits per heavy atom. The Morgan fingerprint density at radius 3 is 2.31 bits per heavy atom. The number of amides is 1. The lowest BCUT2D eigenvalue weighted by molar-refractivity contribution is -0.150. The van der Waals surface area contributed by atoms with E-state index in [-0.39, 0.29) is 24.3 Å². The Balaban J connectivity index is 1.16. The maximum absolute atomic E-state index is 13.1. The van der Waals surface area contributed by atoms with Crippen molar-refractivity contribution in [1.29, 1.82) is 0 Å². The molecule has 0 aromatic heterocycles. The molecule has 1 atom stereocenters. The number of esters is 1. The highest BCUT2D eigenvalue weighted by Crippen LogP contribution is 2.38. The summed E-state index contributed by atoms with van der Waals surface area (Å²) in [6.45, 7) is 4.71. The highest BCUT2D eigenvalue weighted by Gasteiger charge is 2.44. The molecule has 0 bridgehead atoms. The third-order valence-corrected chi connectivity index (χ3v) is 7.11. The van der Waals surface area contributed by atoms with E-state index in [1.807, 2.05) is 30.3 Å². The molecule has 0 radical (unpaired) electrons. The summed E-state index contributed by atoms with van der Waals surface area (Å²) in [4.78, 5) is 29.3. The molecule has 39 heavy (non-hydrogen) atoms. The van der Waals surface area contributed by atoms with Gasteiger partial charge in [-0.25, -0.2) is 9.18 Å². The molecule has 2 aliphatic rings. The summed E-state index contributed by atoms with van der Waals surface area (Å²) >= 11 is 0. The highest BCUT2D eigenvalue weighted by molar-refractivity contribution is 5.94. The molecular weight excluding hydrogens is 501 g/mol. The minimum atomic E-state index is -0.770. The Bertz CT molecular complexity index is 1270. The predicted octanol–water partition coefficient (Wildman–Crippen LogP) is 3.59. The van der Waals surface area contributed by atoms with Gasteiger partial charge in [-0.1, -0.05) is 30.3 Å². The van der Waals surface area contributed by atoms with Crippen LogP contribution in [0.1, 0.15) is 27.1 Å². The molecule has 0 aliphatic carbocycles. The third kappa shape index (κ3) is 6.55. The fourth-order valence-corrected chi connectivity index (χ4v) is 4.89. The topological polar surface area (TPSA) is 80.3 Å². The Hall–Kier alpha value is -3.95. The number of piperazine rings is 1. The molecule has 1 fully saturated rings. The van der Waals surface area contributed by atoms with E-state index in [0.29, 0.717) is 48.7 Å². The van der Waals surface area contributed by atoms with Gasteiger partial charge in [0.05, 0.1) is 12.2 Å². The summed E-state index contributed by atoms with van der Waals surface area (Å²) in [5.41, 5.74) is 0.178. The van der Waals surface area contributed by atoms with Crippen LogP contribution < -0.4 is 14.8 Å². The zero-order valence-corrected chi connectivity index (χ0v) is 21.7. The highest BCUT2D eigenvalue weighted by atomic mass is 19.1. The van der Waals surface area contributed by atoms with Crippen molar-refractivity contribution in [3.05, 3.63) is 95.8 Å². The molecule has 0 saturated carbocycles. The molecule has 3 aromatic rings. The van der Waals surface area contributed by atoms with Gasteiger partial charge < -0.3 is 19.5 Å². The van der Waals surface area contributed by atoms with Crippen LogP contribution in [0.2, 0.25) is 0 Å². The number of hydrogen-bond acceptors (Lipinski definition) is 7. The number of benzene rings is 3. The summed E-state index contributed by atoms with van der Waals surface area (Å²) in [7, 11) is 0. The van der Waals surface area contributed by atoms with Crippen molar-refractivity contribution in [3.8, 4) is 11.5 Å². The van der Waals surface area contributed by atoms with Gasteiger partial charge in [0.15, 0.2) is 11.5 Å². The van der Waals surface area contributed by atoms with Crippen molar-refractivity contribution in [1.82, 2.24) is 15.1 Å². The number of rotatable bonds is 9. The van der Waals surface area contributed by atoms with Gasteiger partial charge in [-0.05, 0) is 48.5 Å². The number of hydrogen-bond donors (Lipinski definition) is 1. The minimum absolute atomic E-state index is 0.189. The van der Waals surface area contributed by atoms with Crippen LogP contribution in [-0.2, 0) is 4.74 Å². The standard InChI is InChI=1S/C30H32FN3O5/c31-25-12-10-23(11-13-25)28(35)32-15-16-33-17-19-34(20-18-33)30(22-38-26-8-4-5-9-27(26)39-30)14-21-37-29(36)24-6-2-1-3-7-24/h1-13H,14-22H2,(H,32,35). The van der Waals surface area contributed by atoms with Crippen molar-refractivity contribution >= 4 is 11.9 Å². The molecule has 0 spiro atoms. The van der Waals surface area contributed by atoms with Gasteiger partial charge in [-0.2, -0.15) is 0 Å². The lowest BCUT2D eigenvalue weighted by Gasteiger charge is -2.48. The SMILES string of the molecule is O=C(NCCN1CCN(C2(CCOC(=O)c3ccccc3)COc3ccccc3O2)CC1)c1ccc(F)cc1. The van der Waals surface area contributed by atoms with Crippen molar-refractivity contribution in [2.75, 3.05) is 52.5 Å². The van der Waals surface area contributed by atoms with Gasteiger partial charge in [-0.3, -0.25) is 14.6 Å². The van der Waals surface area contributed by atoms with Crippen LogP contribution in [0.25, 0.3) is 0 Å². The van der Waals surface area contributed by atoms with Crippen LogP contribution in [0.15, 0.2) is 78.9 Å². The zero-order valence-electron chi connectivity index (χ0n) is 21.7. The maximum Gasteiger partial charge on any atom is 0.338 e. The number of fused-ring (bicyclic) bond motifs is 1. The van der Waals surface area contributed by atoms with Crippen LogP contribution in [-0.4, -0.2) is 79.9 Å². The fraction of sp³-hybridized carbons (Fsp3) is 0.333. The molecule has 9 heteroatoms. The van der Waals surface area contributed by atoms with Crippen LogP contribution in [0, 0.1) is 5.82 Å². The van der Waals surface area contributed by atoms with Gasteiger partial charge in [0.25, 0.3) is 5.91 Å². The van der Waals surface area contributed by atoms with Gasteiger partial charge in [-0.15, -0.1) is 0 Å². The predicted molar refractivity (Wildman–Crippen MR) is 143 cm³/mol. The normalized spacial score (nSPS) is 19.3. The van der Waals surface area contributed by atoms with Gasteiger partial charge in [0, 0.05) is 51.3 Å². The van der Waals surface area contributed by atoms with Crippen LogP contribution in [0.4, 0.5) is 4.39 Å². The molecular formula is C30H32FN3O5. The molecule has 1 N–H and O–H groups in total. The first-order chi connectivity index (χ1) is 19.0. The second-order valence-corrected chi connectivity index (χ2v) is 9.63. The largest absolute Gasteiger partial charge is 0.484 e. The lowest BCUT2D eigenvalue weighted by atomic mass is 10.1. The number of carbonyl (C=O) groups excluding carboxylic acids is 2. The molecule has 2 aliphatic heterocycles. The van der Waals surface area contributed by atoms with Crippen molar-refractivity contribution < 1.29 is 28.2 Å². The van der Waals surface area contributed by atoms with E-state index in [2.05, 4.69) is 15.1 Å². The number of nitrogens with zero attached hydrogens (tertiary/aromatic N) is 2. The van der Waals surface area contributed by atoms with Crippen molar-refractivity contribution in [2.24, 2.45) is 0 Å². The first-order valence-corrected chi connectivity index (χ1v) is 13.2. The number of carbonyl (C=O) groups is 2. The van der Waals surface area contributed by atoms with E-state index >= 15 is 0 Å². The number of para-hydroxylation sites is 2. The van der Waals surface area contributed by atoms with E-state index in [9.17, 15) is 14.0 Å². The molecule has 5 rings (SSSR count). The summed E-state index contributed by atoms with van der Waals surface area (Å²) in [6, 6.07) is 22.0. The minimum Gasteiger partial charge on any atom is -0.484 e. The smallest absolute Gasteiger partial charge is 0.338 e. The first kappa shape index (κ1) is 26.6. The average molecular weight is 534 g/mol. The van der Waals surface area contributed by atoms with Crippen molar-refractivity contribution in [3.63, 3.8) is 0 Å². The number of ether oxygens (including phenoxy) is 3. The molecule has 1 amide bonds. The number of halogens is 1. The Labute approximate surface area is 227 Å². The monoisotopic (exact) mass is 533 g/mol. The molecule has 204 valence electrons. The van der Waals surface area contributed by atoms with E-state index < -0.39 is 5.72 Å². The van der Waals surface area contributed by atoms with Gasteiger partial charge >= 0.3 is 5.97 Å². The summed E-state index contributed by atoms with van der Waals surface area (Å²) in [6.07, 6.45) is 0.452. The summed E-state index contributed by atoms with van der Waals surface area (Å²) < 4.78 is 31.4. The molecule has 1 unspecified atom stereocenters.